The molecule has 0 saturated carbocycles. The number of carbonyl (C=O) groups is 9. The number of nitrogens with one attached hydrogen (secondary N) is 5. The molecule has 0 aliphatic carbocycles. The number of esters is 2. The highest BCUT2D eigenvalue weighted by atomic mass is 79.9. The van der Waals surface area contributed by atoms with Gasteiger partial charge in [0.2, 0.25) is 17.7 Å². The lowest BCUT2D eigenvalue weighted by atomic mass is 9.83. The van der Waals surface area contributed by atoms with Crippen molar-refractivity contribution in [2.45, 2.75) is 172 Å². The van der Waals surface area contributed by atoms with Crippen LogP contribution in [0.15, 0.2) is 54.1 Å². The lowest BCUT2D eigenvalue weighted by Crippen LogP contribution is -2.63. The number of epoxide rings is 1. The summed E-state index contributed by atoms with van der Waals surface area (Å²) in [6.07, 6.45) is -5.12. The van der Waals surface area contributed by atoms with Crippen LogP contribution in [0, 0.1) is 17.8 Å². The first-order valence-electron chi connectivity index (χ1n) is 29.9. The van der Waals surface area contributed by atoms with Crippen molar-refractivity contribution in [3.8, 4) is 5.75 Å². The molecule has 8 N–H and O–H groups in total. The van der Waals surface area contributed by atoms with E-state index in [1.807, 2.05) is 6.92 Å². The number of rotatable bonds is 26. The second-order valence-electron chi connectivity index (χ2n) is 23.9. The van der Waals surface area contributed by atoms with E-state index in [4.69, 9.17) is 45.8 Å². The normalized spacial score (nSPS) is 24.4. The van der Waals surface area contributed by atoms with Gasteiger partial charge in [-0.1, -0.05) is 88.0 Å². The number of hydrogen-bond donors (Lipinski definition) is 7. The molecule has 3 heterocycles. The van der Waals surface area contributed by atoms with Crippen molar-refractivity contribution in [3.05, 3.63) is 75.8 Å². The standard InChI is InChI=1S/C62H84Br2ClF3N8O16/c1-32(2)51(71-40(31-77)17-13-16-34(4)89-57(83)39(29-63)30-64)54(80)73-43(18-14-22-70-58(69)84)53(79)72-42-21-20-38(26-41(42)62(66,67)68)55(81)75(8)36(6)56(82)91-48-27-49(78)76(9)44-24-37(25-45(87-10)50(44)65)23-33(3)15-12-19-47(88-11)61(86)28-46(90-59(85)74-61)35(5)52-60(48,7)92-52/h12,15,19-21,24-26,31-32,34-36,39-40,43,46-48,51-52,71,86H,13-14,16-18,22-23,27-30H2,1-11H3,(H,72,79)(H,73,80)(H,74,85)(H3,69,70,84)/b19-12+,33-15+/t34?,35-,36+,40?,43+,46+,47-,48+,51+,52+,60+,61+/m1/s1. The molecule has 2 fully saturated rings. The number of alkyl halides is 5. The number of likely N-dealkylation sites (N-methyl/N-ethyl adjacent to an activating group) is 1. The molecule has 2 aromatic carbocycles. The number of nitrogens with two attached hydrogens (primary N) is 1. The number of urea groups is 1. The van der Waals surface area contributed by atoms with E-state index in [0.717, 1.165) is 29.7 Å². The minimum atomic E-state index is -5.22. The highest BCUT2D eigenvalue weighted by Crippen LogP contribution is 2.49. The number of aliphatic hydroxyl groups is 1. The number of methoxy groups -OCH3 is 2. The third kappa shape index (κ3) is 20.1. The van der Waals surface area contributed by atoms with E-state index >= 15 is 13.2 Å². The molecule has 5 rings (SSSR count). The molecule has 3 aliphatic rings. The third-order valence-electron chi connectivity index (χ3n) is 16.5. The molecule has 92 heavy (non-hydrogen) atoms. The number of allylic oxidation sites excluding steroid dienone is 3. The van der Waals surface area contributed by atoms with Crippen LogP contribution in [-0.4, -0.2) is 176 Å². The molecule has 2 unspecified atom stereocenters. The topological polar surface area (TPSA) is 325 Å². The van der Waals surface area contributed by atoms with Gasteiger partial charge in [-0.15, -0.1) is 0 Å². The number of aldehydes is 1. The van der Waals surface area contributed by atoms with Gasteiger partial charge in [-0.2, -0.15) is 13.2 Å². The van der Waals surface area contributed by atoms with Crippen molar-refractivity contribution in [1.82, 2.24) is 26.2 Å². The smallest absolute Gasteiger partial charge is 0.418 e. The summed E-state index contributed by atoms with van der Waals surface area (Å²) in [6, 6.07) is -0.293. The van der Waals surface area contributed by atoms with Crippen molar-refractivity contribution in [2.24, 2.45) is 23.5 Å². The molecular weight excluding hydrogens is 1360 g/mol. The zero-order valence-electron chi connectivity index (χ0n) is 53.2. The molecule has 510 valence electrons. The highest BCUT2D eigenvalue weighted by molar-refractivity contribution is 9.09. The summed E-state index contributed by atoms with van der Waals surface area (Å²) in [4.78, 5) is 123. The number of anilines is 2. The van der Waals surface area contributed by atoms with Gasteiger partial charge >= 0.3 is 30.2 Å². The maximum atomic E-state index is 15.1. The Morgan fingerprint density at radius 2 is 1.70 bits per heavy atom. The van der Waals surface area contributed by atoms with E-state index in [-0.39, 0.29) is 48.7 Å². The number of ether oxygens (including phenoxy) is 6. The van der Waals surface area contributed by atoms with Crippen LogP contribution >= 0.6 is 43.5 Å². The molecule has 0 spiro atoms. The number of benzene rings is 2. The van der Waals surface area contributed by atoms with E-state index < -0.39 is 161 Å². The predicted octanol–water partition coefficient (Wildman–Crippen LogP) is 7.41. The quantitative estimate of drug-likeness (QED) is 0.0120. The van der Waals surface area contributed by atoms with Gasteiger partial charge in [-0.05, 0) is 108 Å². The zero-order chi connectivity index (χ0) is 68.7. The Morgan fingerprint density at radius 1 is 1.01 bits per heavy atom. The van der Waals surface area contributed by atoms with Crippen LogP contribution in [0.3, 0.4) is 0 Å². The Balaban J connectivity index is 1.39. The molecular formula is C62H84Br2ClF3N8O16. The first-order chi connectivity index (χ1) is 43.2. The van der Waals surface area contributed by atoms with Crippen LogP contribution in [0.5, 0.6) is 5.75 Å². The average molecular weight is 1450 g/mol. The Bertz CT molecular complexity index is 3070. The SMILES string of the molecule is COc1cc2cc(c1Cl)N(C)C(=O)C[C@H](OC(=O)[C@H](C)N(C)C(=O)c1ccc(NC(=O)[C@H](CCCNC(N)=O)NC(=O)[C@@H](NC(C=O)CCCC(C)OC(=O)C(CBr)CBr)C(C)C)c(C(F)(F)F)c1)[C@]1(C)O[C@H]1[C@H](C)[C@@H]1C[C@@](O)(NC(=O)O1)[C@H](OC)/C=C/C=C(\C)C2. The van der Waals surface area contributed by atoms with Crippen molar-refractivity contribution in [1.29, 1.82) is 0 Å². The summed E-state index contributed by atoms with van der Waals surface area (Å²) in [5.74, 6) is -6.53. The lowest BCUT2D eigenvalue weighted by Gasteiger charge is -2.42. The second kappa shape index (κ2) is 33.6. The number of halogens is 6. The maximum Gasteiger partial charge on any atom is 0.418 e. The average Bonchev–Trinajstić information content (AvgIpc) is 1.57. The first-order valence-corrected chi connectivity index (χ1v) is 32.5. The number of fused-ring (bicyclic) bond motifs is 5. The molecule has 0 radical (unpaired) electrons. The fourth-order valence-corrected chi connectivity index (χ4v) is 12.7. The van der Waals surface area contributed by atoms with Crippen LogP contribution in [-0.2, 0) is 65.0 Å². The van der Waals surface area contributed by atoms with Gasteiger partial charge in [-0.25, -0.2) is 14.4 Å². The fraction of sp³-hybridized carbons (Fsp3) is 0.597. The monoisotopic (exact) mass is 1450 g/mol. The maximum absolute atomic E-state index is 15.1. The van der Waals surface area contributed by atoms with Gasteiger partial charge in [0.1, 0.15) is 53.1 Å². The molecule has 7 amide bonds. The summed E-state index contributed by atoms with van der Waals surface area (Å²) < 4.78 is 80.2. The molecule has 30 heteroatoms. The predicted molar refractivity (Wildman–Crippen MR) is 341 cm³/mol. The molecule has 2 saturated heterocycles. The largest absolute Gasteiger partial charge is 0.495 e. The van der Waals surface area contributed by atoms with Crippen LogP contribution in [0.2, 0.25) is 5.02 Å². The minimum absolute atomic E-state index is 0.00482. The second-order valence-corrected chi connectivity index (χ2v) is 25.5. The van der Waals surface area contributed by atoms with Gasteiger partial charge in [0, 0.05) is 56.3 Å². The number of amides is 7. The van der Waals surface area contributed by atoms with Gasteiger partial charge in [0.25, 0.3) is 5.91 Å². The van der Waals surface area contributed by atoms with E-state index in [9.17, 15) is 48.3 Å². The van der Waals surface area contributed by atoms with E-state index in [2.05, 4.69) is 58.4 Å². The van der Waals surface area contributed by atoms with Gasteiger partial charge in [0.05, 0.1) is 60.7 Å². The summed E-state index contributed by atoms with van der Waals surface area (Å²) in [7, 11) is 5.36. The van der Waals surface area contributed by atoms with Crippen LogP contribution in [0.4, 0.5) is 34.1 Å². The molecule has 4 bridgehead atoms. The number of hydrogen-bond acceptors (Lipinski definition) is 17. The van der Waals surface area contributed by atoms with Crippen molar-refractivity contribution in [3.63, 3.8) is 0 Å². The number of carbonyl (C=O) groups excluding carboxylic acids is 9. The van der Waals surface area contributed by atoms with Crippen LogP contribution in [0.25, 0.3) is 0 Å². The number of primary amides is 1. The fourth-order valence-electron chi connectivity index (χ4n) is 10.8. The van der Waals surface area contributed by atoms with E-state index in [0.29, 0.717) is 47.8 Å². The summed E-state index contributed by atoms with van der Waals surface area (Å²) in [5.41, 5.74) is 0.599. The highest BCUT2D eigenvalue weighted by Gasteiger charge is 2.64. The van der Waals surface area contributed by atoms with Crippen LogP contribution < -0.4 is 42.0 Å². The van der Waals surface area contributed by atoms with E-state index in [1.165, 1.54) is 33.1 Å². The molecule has 2 aromatic rings. The van der Waals surface area contributed by atoms with Gasteiger partial charge in [0.15, 0.2) is 5.72 Å². The Labute approximate surface area is 554 Å². The first kappa shape index (κ1) is 76.3. The summed E-state index contributed by atoms with van der Waals surface area (Å²) >= 11 is 13.4. The summed E-state index contributed by atoms with van der Waals surface area (Å²) in [5, 5.41) is 25.4. The van der Waals surface area contributed by atoms with Crippen molar-refractivity contribution < 1.29 is 89.8 Å². The lowest BCUT2D eigenvalue weighted by molar-refractivity contribution is -0.158. The van der Waals surface area contributed by atoms with Gasteiger partial charge in [-0.3, -0.25) is 34.6 Å². The van der Waals surface area contributed by atoms with Crippen LogP contribution in [0.1, 0.15) is 115 Å². The zero-order valence-corrected chi connectivity index (χ0v) is 57.1. The Kier molecular flexibility index (Phi) is 27.9. The number of alkyl carbamates (subject to hydrolysis) is 1. The summed E-state index contributed by atoms with van der Waals surface area (Å²) in [6.45, 7) is 11.3. The van der Waals surface area contributed by atoms with Crippen molar-refractivity contribution >= 4 is 109 Å². The molecule has 24 nitrogen and oxygen atoms in total. The number of nitrogens with zero attached hydrogens (tertiary/aromatic N) is 2. The molecule has 0 aromatic heterocycles. The van der Waals surface area contributed by atoms with E-state index in [1.54, 1.807) is 65.0 Å². The Morgan fingerprint density at radius 3 is 2.30 bits per heavy atom. The minimum Gasteiger partial charge on any atom is -0.495 e. The van der Waals surface area contributed by atoms with Gasteiger partial charge < -0.3 is 69.8 Å². The molecule has 3 aliphatic heterocycles. The molecule has 12 atom stereocenters. The third-order valence-corrected chi connectivity index (χ3v) is 18.5. The van der Waals surface area contributed by atoms with Crippen molar-refractivity contribution in [2.75, 3.05) is 55.7 Å². The Hall–Kier alpha value is -6.37.